The first kappa shape index (κ1) is 19.1. The average Bonchev–Trinajstić information content (AvgIpc) is 3.29. The minimum absolute atomic E-state index is 0.0908. The van der Waals surface area contributed by atoms with Gasteiger partial charge in [-0.05, 0) is 43.8 Å². The number of carbonyl (C=O) groups excluding carboxylic acids is 1. The Morgan fingerprint density at radius 3 is 2.93 bits per heavy atom. The summed E-state index contributed by atoms with van der Waals surface area (Å²) >= 11 is 5.31. The summed E-state index contributed by atoms with van der Waals surface area (Å²) in [6.07, 6.45) is 2.65. The number of hydrogen-bond acceptors (Lipinski definition) is 4. The van der Waals surface area contributed by atoms with E-state index in [4.69, 9.17) is 12.2 Å². The Labute approximate surface area is 173 Å². The SMILES string of the molecule is Cc1cccc(-c2n[nH]c(=S)n2CC(=O)NCCCn2cnc3ccccc32)c1. The molecule has 0 radical (unpaired) electrons. The number of amides is 1. The molecule has 0 fully saturated rings. The van der Waals surface area contributed by atoms with Crippen LogP contribution in [-0.4, -0.2) is 36.8 Å². The van der Waals surface area contributed by atoms with E-state index in [1.54, 1.807) is 4.57 Å². The lowest BCUT2D eigenvalue weighted by Crippen LogP contribution is -2.29. The molecule has 2 aromatic heterocycles. The number of rotatable bonds is 7. The molecule has 8 heteroatoms. The second kappa shape index (κ2) is 8.40. The van der Waals surface area contributed by atoms with E-state index < -0.39 is 0 Å². The summed E-state index contributed by atoms with van der Waals surface area (Å²) in [5.74, 6) is 0.575. The van der Waals surface area contributed by atoms with Gasteiger partial charge in [0.15, 0.2) is 10.6 Å². The van der Waals surface area contributed by atoms with Crippen LogP contribution in [0.1, 0.15) is 12.0 Å². The van der Waals surface area contributed by atoms with E-state index in [0.29, 0.717) is 17.1 Å². The van der Waals surface area contributed by atoms with Crippen LogP contribution in [0.4, 0.5) is 0 Å². The van der Waals surface area contributed by atoms with Gasteiger partial charge in [-0.25, -0.2) is 4.98 Å². The summed E-state index contributed by atoms with van der Waals surface area (Å²) in [6, 6.07) is 16.0. The Balaban J connectivity index is 1.35. The van der Waals surface area contributed by atoms with Crippen molar-refractivity contribution in [3.63, 3.8) is 0 Å². The topological polar surface area (TPSA) is 80.5 Å². The molecular formula is C21H22N6OS. The smallest absolute Gasteiger partial charge is 0.240 e. The normalized spacial score (nSPS) is 11.1. The number of fused-ring (bicyclic) bond motifs is 1. The fourth-order valence-electron chi connectivity index (χ4n) is 3.33. The lowest BCUT2D eigenvalue weighted by atomic mass is 10.1. The van der Waals surface area contributed by atoms with Gasteiger partial charge in [0.05, 0.1) is 17.4 Å². The summed E-state index contributed by atoms with van der Waals surface area (Å²) in [7, 11) is 0. The molecule has 0 atom stereocenters. The first-order chi connectivity index (χ1) is 14.1. The lowest BCUT2D eigenvalue weighted by Gasteiger charge is -2.09. The molecule has 148 valence electrons. The van der Waals surface area contributed by atoms with Gasteiger partial charge in [0.25, 0.3) is 0 Å². The quantitative estimate of drug-likeness (QED) is 0.364. The fourth-order valence-corrected chi connectivity index (χ4v) is 3.53. The van der Waals surface area contributed by atoms with Crippen molar-refractivity contribution in [1.29, 1.82) is 0 Å². The maximum absolute atomic E-state index is 12.4. The number of nitrogens with one attached hydrogen (secondary N) is 2. The Hall–Kier alpha value is -3.26. The highest BCUT2D eigenvalue weighted by Gasteiger charge is 2.12. The van der Waals surface area contributed by atoms with Crippen molar-refractivity contribution in [2.75, 3.05) is 6.54 Å². The Morgan fingerprint density at radius 1 is 1.21 bits per heavy atom. The fraction of sp³-hybridized carbons (Fsp3) is 0.238. The van der Waals surface area contributed by atoms with E-state index >= 15 is 0 Å². The molecule has 0 saturated carbocycles. The summed E-state index contributed by atoms with van der Waals surface area (Å²) in [6.45, 7) is 3.52. The second-order valence-electron chi connectivity index (χ2n) is 6.94. The van der Waals surface area contributed by atoms with Crippen LogP contribution >= 0.6 is 12.2 Å². The highest BCUT2D eigenvalue weighted by molar-refractivity contribution is 7.71. The molecule has 29 heavy (non-hydrogen) atoms. The predicted octanol–water partition coefficient (Wildman–Crippen LogP) is 3.47. The van der Waals surface area contributed by atoms with E-state index in [9.17, 15) is 4.79 Å². The van der Waals surface area contributed by atoms with Crippen LogP contribution in [0.3, 0.4) is 0 Å². The molecule has 4 rings (SSSR count). The lowest BCUT2D eigenvalue weighted by molar-refractivity contribution is -0.121. The molecule has 0 unspecified atom stereocenters. The molecular weight excluding hydrogens is 384 g/mol. The number of carbonyl (C=O) groups is 1. The van der Waals surface area contributed by atoms with Crippen molar-refractivity contribution < 1.29 is 4.79 Å². The monoisotopic (exact) mass is 406 g/mol. The van der Waals surface area contributed by atoms with Crippen LogP contribution in [0.15, 0.2) is 54.9 Å². The van der Waals surface area contributed by atoms with Gasteiger partial charge in [0.1, 0.15) is 6.54 Å². The zero-order valence-electron chi connectivity index (χ0n) is 16.1. The van der Waals surface area contributed by atoms with Gasteiger partial charge in [0, 0.05) is 18.7 Å². The Kier molecular flexibility index (Phi) is 5.53. The Bertz CT molecular complexity index is 1210. The number of aromatic amines is 1. The van der Waals surface area contributed by atoms with Gasteiger partial charge in [-0.2, -0.15) is 5.10 Å². The number of H-pyrrole nitrogens is 1. The minimum Gasteiger partial charge on any atom is -0.354 e. The molecule has 1 amide bonds. The molecule has 0 aliphatic heterocycles. The van der Waals surface area contributed by atoms with Crippen LogP contribution < -0.4 is 5.32 Å². The molecule has 2 N–H and O–H groups in total. The predicted molar refractivity (Wildman–Crippen MR) is 115 cm³/mol. The van der Waals surface area contributed by atoms with Crippen molar-refractivity contribution >= 4 is 29.2 Å². The average molecular weight is 407 g/mol. The third kappa shape index (κ3) is 4.27. The first-order valence-electron chi connectivity index (χ1n) is 9.50. The van der Waals surface area contributed by atoms with Crippen molar-refractivity contribution in [2.45, 2.75) is 26.4 Å². The zero-order chi connectivity index (χ0) is 20.2. The van der Waals surface area contributed by atoms with Crippen molar-refractivity contribution in [1.82, 2.24) is 29.6 Å². The largest absolute Gasteiger partial charge is 0.354 e. The van der Waals surface area contributed by atoms with Gasteiger partial charge in [-0.3, -0.25) is 14.5 Å². The summed E-state index contributed by atoms with van der Waals surface area (Å²) < 4.78 is 4.26. The highest BCUT2D eigenvalue weighted by Crippen LogP contribution is 2.18. The van der Waals surface area contributed by atoms with Crippen molar-refractivity contribution in [3.05, 3.63) is 65.2 Å². The van der Waals surface area contributed by atoms with E-state index in [1.165, 1.54) is 0 Å². The van der Waals surface area contributed by atoms with Gasteiger partial charge < -0.3 is 9.88 Å². The minimum atomic E-state index is -0.0908. The number of aromatic nitrogens is 5. The van der Waals surface area contributed by atoms with E-state index in [0.717, 1.165) is 35.1 Å². The van der Waals surface area contributed by atoms with Crippen molar-refractivity contribution in [2.24, 2.45) is 0 Å². The van der Waals surface area contributed by atoms with Crippen LogP contribution in [0.2, 0.25) is 0 Å². The van der Waals surface area contributed by atoms with Crippen LogP contribution in [-0.2, 0) is 17.9 Å². The number of aryl methyl sites for hydroxylation is 2. The van der Waals surface area contributed by atoms with Crippen molar-refractivity contribution in [3.8, 4) is 11.4 Å². The van der Waals surface area contributed by atoms with E-state index in [-0.39, 0.29) is 12.5 Å². The molecule has 7 nitrogen and oxygen atoms in total. The Morgan fingerprint density at radius 2 is 2.07 bits per heavy atom. The van der Waals surface area contributed by atoms with Gasteiger partial charge in [0.2, 0.25) is 5.91 Å². The standard InChI is InChI=1S/C21H22N6OS/c1-15-6-4-7-16(12-15)20-24-25-21(29)27(20)13-19(28)22-10-5-11-26-14-23-17-8-2-3-9-18(17)26/h2-4,6-9,12,14H,5,10-11,13H2,1H3,(H,22,28)(H,25,29). The third-order valence-corrected chi connectivity index (χ3v) is 5.07. The summed E-state index contributed by atoms with van der Waals surface area (Å²) in [4.78, 5) is 16.8. The molecule has 2 aromatic carbocycles. The molecule has 2 heterocycles. The van der Waals surface area contributed by atoms with E-state index in [1.807, 2.05) is 61.8 Å². The third-order valence-electron chi connectivity index (χ3n) is 4.76. The summed E-state index contributed by atoms with van der Waals surface area (Å²) in [5, 5.41) is 10.1. The number of benzene rings is 2. The molecule has 0 aliphatic carbocycles. The second-order valence-corrected chi connectivity index (χ2v) is 7.32. The van der Waals surface area contributed by atoms with Crippen LogP contribution in [0.5, 0.6) is 0 Å². The molecule has 0 spiro atoms. The number of para-hydroxylation sites is 2. The first-order valence-corrected chi connectivity index (χ1v) is 9.91. The van der Waals surface area contributed by atoms with Gasteiger partial charge in [-0.15, -0.1) is 0 Å². The van der Waals surface area contributed by atoms with Gasteiger partial charge in [-0.1, -0.05) is 35.9 Å². The number of imidazole rings is 1. The van der Waals surface area contributed by atoms with E-state index in [2.05, 4.69) is 25.1 Å². The van der Waals surface area contributed by atoms with Gasteiger partial charge >= 0.3 is 0 Å². The maximum atomic E-state index is 12.4. The summed E-state index contributed by atoms with van der Waals surface area (Å²) in [5.41, 5.74) is 4.14. The highest BCUT2D eigenvalue weighted by atomic mass is 32.1. The zero-order valence-corrected chi connectivity index (χ0v) is 16.9. The molecule has 0 bridgehead atoms. The van der Waals surface area contributed by atoms with Crippen LogP contribution in [0, 0.1) is 11.7 Å². The molecule has 0 saturated heterocycles. The molecule has 0 aliphatic rings. The maximum Gasteiger partial charge on any atom is 0.240 e. The number of hydrogen-bond donors (Lipinski definition) is 2. The molecule has 4 aromatic rings. The number of nitrogens with zero attached hydrogens (tertiary/aromatic N) is 4. The van der Waals surface area contributed by atoms with Crippen LogP contribution in [0.25, 0.3) is 22.4 Å².